The Bertz CT molecular complexity index is 653. The van der Waals surface area contributed by atoms with Crippen LogP contribution < -0.4 is 4.90 Å². The molecule has 0 radical (unpaired) electrons. The SMILES string of the molecule is CC1(C)CC(=O)C2=C(C1)N(C1CCCCC1)C[NH+](Cc1ccco1)C2. The normalized spacial score (nSPS) is 27.5. The highest BCUT2D eigenvalue weighted by molar-refractivity contribution is 5.97. The van der Waals surface area contributed by atoms with Crippen LogP contribution >= 0.6 is 0 Å². The van der Waals surface area contributed by atoms with E-state index in [4.69, 9.17) is 4.42 Å². The second kappa shape index (κ2) is 6.64. The van der Waals surface area contributed by atoms with E-state index in [1.165, 1.54) is 42.7 Å². The van der Waals surface area contributed by atoms with Crippen LogP contribution in [0.5, 0.6) is 0 Å². The largest absolute Gasteiger partial charge is 0.463 e. The van der Waals surface area contributed by atoms with Gasteiger partial charge in [-0.1, -0.05) is 33.1 Å². The summed E-state index contributed by atoms with van der Waals surface area (Å²) >= 11 is 0. The summed E-state index contributed by atoms with van der Waals surface area (Å²) in [5.41, 5.74) is 2.58. The number of rotatable bonds is 3. The molecule has 2 heterocycles. The van der Waals surface area contributed by atoms with Crippen molar-refractivity contribution >= 4 is 5.78 Å². The highest BCUT2D eigenvalue weighted by atomic mass is 16.3. The quantitative estimate of drug-likeness (QED) is 0.917. The van der Waals surface area contributed by atoms with Crippen LogP contribution in [-0.2, 0) is 11.3 Å². The molecule has 0 bridgehead atoms. The molecule has 1 aromatic heterocycles. The highest BCUT2D eigenvalue weighted by Gasteiger charge is 2.42. The Morgan fingerprint density at radius 2 is 2.04 bits per heavy atom. The molecule has 0 saturated heterocycles. The lowest BCUT2D eigenvalue weighted by Crippen LogP contribution is -3.13. The van der Waals surface area contributed by atoms with Crippen molar-refractivity contribution in [2.45, 2.75) is 71.4 Å². The maximum absolute atomic E-state index is 12.9. The van der Waals surface area contributed by atoms with Crippen LogP contribution in [0.3, 0.4) is 0 Å². The zero-order chi connectivity index (χ0) is 17.4. The number of ketones is 1. The number of allylic oxidation sites excluding steroid dienone is 1. The zero-order valence-electron chi connectivity index (χ0n) is 15.6. The van der Waals surface area contributed by atoms with Crippen LogP contribution in [0.1, 0.15) is 64.6 Å². The van der Waals surface area contributed by atoms with E-state index in [2.05, 4.69) is 18.7 Å². The van der Waals surface area contributed by atoms with E-state index in [9.17, 15) is 4.79 Å². The standard InChI is InChI=1S/C21H30N2O2/c1-21(2)11-19-18(20(24)12-21)14-22(13-17-9-6-10-25-17)15-23(19)16-7-4-3-5-8-16/h6,9-10,16H,3-5,7-8,11-15H2,1-2H3/p+1. The van der Waals surface area contributed by atoms with Gasteiger partial charge in [-0.25, -0.2) is 0 Å². The van der Waals surface area contributed by atoms with Crippen molar-refractivity contribution in [3.8, 4) is 0 Å². The van der Waals surface area contributed by atoms with Gasteiger partial charge in [-0.3, -0.25) is 4.79 Å². The van der Waals surface area contributed by atoms with Crippen molar-refractivity contribution in [2.24, 2.45) is 5.41 Å². The molecule has 1 fully saturated rings. The molecule has 136 valence electrons. The highest BCUT2D eigenvalue weighted by Crippen LogP contribution is 2.40. The molecule has 1 unspecified atom stereocenters. The molecule has 1 aliphatic heterocycles. The van der Waals surface area contributed by atoms with Gasteiger partial charge in [0.1, 0.15) is 13.1 Å². The summed E-state index contributed by atoms with van der Waals surface area (Å²) in [5, 5.41) is 0. The average molecular weight is 343 g/mol. The molecule has 2 aliphatic carbocycles. The zero-order valence-corrected chi connectivity index (χ0v) is 15.6. The summed E-state index contributed by atoms with van der Waals surface area (Å²) < 4.78 is 5.57. The van der Waals surface area contributed by atoms with Crippen molar-refractivity contribution in [1.29, 1.82) is 0 Å². The molecule has 4 rings (SSSR count). The fraction of sp³-hybridized carbons (Fsp3) is 0.667. The molecule has 4 nitrogen and oxygen atoms in total. The molecule has 25 heavy (non-hydrogen) atoms. The Labute approximate surface area is 150 Å². The molecular weight excluding hydrogens is 312 g/mol. The third-order valence-corrected chi connectivity index (χ3v) is 6.16. The smallest absolute Gasteiger partial charge is 0.166 e. The van der Waals surface area contributed by atoms with Crippen LogP contribution in [0.15, 0.2) is 34.1 Å². The topological polar surface area (TPSA) is 37.9 Å². The van der Waals surface area contributed by atoms with E-state index in [-0.39, 0.29) is 5.41 Å². The van der Waals surface area contributed by atoms with Crippen molar-refractivity contribution in [3.63, 3.8) is 0 Å². The summed E-state index contributed by atoms with van der Waals surface area (Å²) in [6.07, 6.45) is 10.1. The molecule has 0 spiro atoms. The number of nitrogens with one attached hydrogen (secondary N) is 1. The molecular formula is C21H31N2O2+. The van der Waals surface area contributed by atoms with Gasteiger partial charge >= 0.3 is 0 Å². The second-order valence-electron chi connectivity index (χ2n) is 8.97. The molecule has 1 aromatic rings. The first kappa shape index (κ1) is 16.9. The average Bonchev–Trinajstić information content (AvgIpc) is 3.08. The Balaban J connectivity index is 1.63. The molecule has 1 saturated carbocycles. The molecule has 1 N–H and O–H groups in total. The monoisotopic (exact) mass is 343 g/mol. The summed E-state index contributed by atoms with van der Waals surface area (Å²) in [4.78, 5) is 17.0. The van der Waals surface area contributed by atoms with Gasteiger partial charge in [-0.15, -0.1) is 0 Å². The lowest BCUT2D eigenvalue weighted by Gasteiger charge is -2.46. The number of Topliss-reactive ketones (excluding diaryl/α,β-unsaturated/α-hetero) is 1. The number of hydrogen-bond donors (Lipinski definition) is 1. The fourth-order valence-corrected chi connectivity index (χ4v) is 4.96. The van der Waals surface area contributed by atoms with Crippen LogP contribution in [0.4, 0.5) is 0 Å². The molecule has 4 heteroatoms. The van der Waals surface area contributed by atoms with Gasteiger partial charge in [0.2, 0.25) is 0 Å². The Morgan fingerprint density at radius 3 is 2.76 bits per heavy atom. The molecule has 3 aliphatic rings. The lowest BCUT2D eigenvalue weighted by atomic mass is 9.74. The van der Waals surface area contributed by atoms with Crippen LogP contribution in [0.25, 0.3) is 0 Å². The Morgan fingerprint density at radius 1 is 1.24 bits per heavy atom. The van der Waals surface area contributed by atoms with Gasteiger partial charge in [0.05, 0.1) is 11.8 Å². The van der Waals surface area contributed by atoms with Crippen molar-refractivity contribution in [3.05, 3.63) is 35.4 Å². The first-order valence-corrected chi connectivity index (χ1v) is 9.90. The van der Waals surface area contributed by atoms with Gasteiger partial charge in [-0.05, 0) is 36.8 Å². The van der Waals surface area contributed by atoms with Crippen LogP contribution in [-0.4, -0.2) is 29.9 Å². The minimum Gasteiger partial charge on any atom is -0.463 e. The van der Waals surface area contributed by atoms with E-state index in [0.29, 0.717) is 18.2 Å². The lowest BCUT2D eigenvalue weighted by molar-refractivity contribution is -0.922. The van der Waals surface area contributed by atoms with Gasteiger partial charge < -0.3 is 14.2 Å². The van der Waals surface area contributed by atoms with Crippen molar-refractivity contribution in [2.75, 3.05) is 13.2 Å². The second-order valence-corrected chi connectivity index (χ2v) is 8.97. The molecule has 0 aromatic carbocycles. The molecule has 1 atom stereocenters. The number of nitrogens with zero attached hydrogens (tertiary/aromatic N) is 1. The third kappa shape index (κ3) is 3.55. The summed E-state index contributed by atoms with van der Waals surface area (Å²) in [5.74, 6) is 1.40. The van der Waals surface area contributed by atoms with Gasteiger partial charge in [-0.2, -0.15) is 0 Å². The first-order chi connectivity index (χ1) is 12.0. The fourth-order valence-electron chi connectivity index (χ4n) is 4.96. The van der Waals surface area contributed by atoms with E-state index in [1.807, 2.05) is 12.1 Å². The number of quaternary nitrogens is 1. The van der Waals surface area contributed by atoms with E-state index in [1.54, 1.807) is 6.26 Å². The number of furan rings is 1. The summed E-state index contributed by atoms with van der Waals surface area (Å²) in [7, 11) is 0. The maximum Gasteiger partial charge on any atom is 0.166 e. The summed E-state index contributed by atoms with van der Waals surface area (Å²) in [6.45, 7) is 7.22. The Kier molecular flexibility index (Phi) is 4.48. The van der Waals surface area contributed by atoms with Crippen LogP contribution in [0.2, 0.25) is 0 Å². The third-order valence-electron chi connectivity index (χ3n) is 6.16. The Hall–Kier alpha value is -1.55. The number of carbonyl (C=O) groups is 1. The van der Waals surface area contributed by atoms with Crippen LogP contribution in [0, 0.1) is 5.41 Å². The predicted molar refractivity (Wildman–Crippen MR) is 96.9 cm³/mol. The first-order valence-electron chi connectivity index (χ1n) is 9.90. The van der Waals surface area contributed by atoms with E-state index in [0.717, 1.165) is 37.5 Å². The minimum atomic E-state index is 0.0986. The number of carbonyl (C=O) groups excluding carboxylic acids is 1. The minimum absolute atomic E-state index is 0.0986. The van der Waals surface area contributed by atoms with Gasteiger partial charge in [0, 0.05) is 18.2 Å². The van der Waals surface area contributed by atoms with Crippen molar-refractivity contribution < 1.29 is 14.1 Å². The van der Waals surface area contributed by atoms with Gasteiger partial charge in [0.25, 0.3) is 0 Å². The van der Waals surface area contributed by atoms with Gasteiger partial charge in [0.15, 0.2) is 18.2 Å². The van der Waals surface area contributed by atoms with E-state index >= 15 is 0 Å². The molecule has 0 amide bonds. The summed E-state index contributed by atoms with van der Waals surface area (Å²) in [6, 6.07) is 4.62. The number of hydrogen-bond acceptors (Lipinski definition) is 3. The predicted octanol–water partition coefficient (Wildman–Crippen LogP) is 2.91. The van der Waals surface area contributed by atoms with Crippen molar-refractivity contribution in [1.82, 2.24) is 4.90 Å². The van der Waals surface area contributed by atoms with E-state index < -0.39 is 0 Å². The maximum atomic E-state index is 12.9.